The summed E-state index contributed by atoms with van der Waals surface area (Å²) in [6, 6.07) is 1.62. The van der Waals surface area contributed by atoms with E-state index in [4.69, 9.17) is 0 Å². The molecule has 0 aromatic carbocycles. The molecule has 21 heavy (non-hydrogen) atoms. The van der Waals surface area contributed by atoms with E-state index in [1.807, 2.05) is 0 Å². The number of hydrogen-bond donors (Lipinski definition) is 1. The van der Waals surface area contributed by atoms with E-state index in [2.05, 4.69) is 15.3 Å². The summed E-state index contributed by atoms with van der Waals surface area (Å²) in [5.74, 6) is 0.100. The maximum atomic E-state index is 12.0. The molecule has 2 rings (SSSR count). The molecule has 0 atom stereocenters. The monoisotopic (exact) mass is 314 g/mol. The zero-order chi connectivity index (χ0) is 15.3. The van der Waals surface area contributed by atoms with E-state index in [0.29, 0.717) is 19.6 Å². The second-order valence-electron chi connectivity index (χ2n) is 5.35. The summed E-state index contributed by atoms with van der Waals surface area (Å²) in [7, 11) is -2.94. The summed E-state index contributed by atoms with van der Waals surface area (Å²) in [6.07, 6.45) is 5.25. The van der Waals surface area contributed by atoms with Gasteiger partial charge in [-0.3, -0.25) is 4.79 Å². The molecule has 118 valence electrons. The van der Waals surface area contributed by atoms with E-state index in [9.17, 15) is 13.2 Å². The summed E-state index contributed by atoms with van der Waals surface area (Å²) in [6.45, 7) is 3.31. The molecular formula is C13H22N4O3S. The van der Waals surface area contributed by atoms with Crippen molar-refractivity contribution >= 4 is 15.5 Å². The van der Waals surface area contributed by atoms with Gasteiger partial charge in [0, 0.05) is 38.5 Å². The summed E-state index contributed by atoms with van der Waals surface area (Å²) < 4.78 is 23.3. The van der Waals surface area contributed by atoms with E-state index in [-0.39, 0.29) is 11.3 Å². The quantitative estimate of drug-likeness (QED) is 0.682. The number of nitrogens with zero attached hydrogens (tertiary/aromatic N) is 3. The Kier molecular flexibility index (Phi) is 5.35. The lowest BCUT2D eigenvalue weighted by Gasteiger charge is -2.17. The Morgan fingerprint density at radius 2 is 2.00 bits per heavy atom. The van der Waals surface area contributed by atoms with Gasteiger partial charge in [-0.05, 0) is 12.8 Å². The molecule has 7 nitrogen and oxygen atoms in total. The minimum Gasteiger partial charge on any atom is -0.370 e. The molecule has 1 aliphatic heterocycles. The van der Waals surface area contributed by atoms with Gasteiger partial charge in [0.15, 0.2) is 0 Å². The third-order valence-electron chi connectivity index (χ3n) is 3.48. The molecule has 0 aliphatic carbocycles. The molecule has 0 bridgehead atoms. The van der Waals surface area contributed by atoms with Gasteiger partial charge >= 0.3 is 0 Å². The molecule has 1 aliphatic rings. The van der Waals surface area contributed by atoms with Crippen LogP contribution >= 0.6 is 0 Å². The van der Waals surface area contributed by atoms with Crippen molar-refractivity contribution in [1.82, 2.24) is 15.1 Å². The SMILES string of the molecule is CS(=O)(=O)CCNCCn1ncc(N2CCCC2)cc1=O. The van der Waals surface area contributed by atoms with Crippen LogP contribution in [-0.2, 0) is 16.4 Å². The van der Waals surface area contributed by atoms with Crippen LogP contribution in [0.15, 0.2) is 17.1 Å². The number of nitrogens with one attached hydrogen (secondary N) is 1. The molecule has 1 aromatic rings. The van der Waals surface area contributed by atoms with Crippen LogP contribution < -0.4 is 15.8 Å². The number of sulfone groups is 1. The van der Waals surface area contributed by atoms with Crippen LogP contribution in [0.2, 0.25) is 0 Å². The molecule has 2 heterocycles. The van der Waals surface area contributed by atoms with Crippen molar-refractivity contribution in [3.8, 4) is 0 Å². The van der Waals surface area contributed by atoms with Crippen molar-refractivity contribution in [2.24, 2.45) is 0 Å². The summed E-state index contributed by atoms with van der Waals surface area (Å²) in [4.78, 5) is 14.1. The number of hydrogen-bond acceptors (Lipinski definition) is 6. The molecule has 0 amide bonds. The zero-order valence-corrected chi connectivity index (χ0v) is 13.1. The van der Waals surface area contributed by atoms with E-state index in [1.165, 1.54) is 10.9 Å². The molecule has 0 radical (unpaired) electrons. The van der Waals surface area contributed by atoms with Crippen molar-refractivity contribution in [2.75, 3.05) is 43.1 Å². The van der Waals surface area contributed by atoms with Crippen LogP contribution in [0.3, 0.4) is 0 Å². The molecule has 1 aromatic heterocycles. The fourth-order valence-corrected chi connectivity index (χ4v) is 2.82. The predicted molar refractivity (Wildman–Crippen MR) is 82.5 cm³/mol. The van der Waals surface area contributed by atoms with Crippen LogP contribution in [-0.4, -0.2) is 56.4 Å². The molecule has 0 saturated carbocycles. The fourth-order valence-electron chi connectivity index (χ4n) is 2.31. The Morgan fingerprint density at radius 3 is 2.62 bits per heavy atom. The van der Waals surface area contributed by atoms with Crippen LogP contribution in [0.4, 0.5) is 5.69 Å². The van der Waals surface area contributed by atoms with Crippen molar-refractivity contribution < 1.29 is 8.42 Å². The van der Waals surface area contributed by atoms with Crippen molar-refractivity contribution in [2.45, 2.75) is 19.4 Å². The maximum Gasteiger partial charge on any atom is 0.268 e. The smallest absolute Gasteiger partial charge is 0.268 e. The van der Waals surface area contributed by atoms with E-state index < -0.39 is 9.84 Å². The van der Waals surface area contributed by atoms with Crippen LogP contribution in [0.25, 0.3) is 0 Å². The first-order valence-electron chi connectivity index (χ1n) is 7.16. The number of aromatic nitrogens is 2. The highest BCUT2D eigenvalue weighted by Crippen LogP contribution is 2.16. The highest BCUT2D eigenvalue weighted by molar-refractivity contribution is 7.90. The minimum absolute atomic E-state index is 0.100. The Bertz CT molecular complexity index is 621. The van der Waals surface area contributed by atoms with Crippen molar-refractivity contribution in [1.29, 1.82) is 0 Å². The summed E-state index contributed by atoms with van der Waals surface area (Å²) in [5.41, 5.74) is 0.767. The molecular weight excluding hydrogens is 292 g/mol. The first-order valence-corrected chi connectivity index (χ1v) is 9.22. The van der Waals surface area contributed by atoms with Gasteiger partial charge in [0.1, 0.15) is 9.84 Å². The van der Waals surface area contributed by atoms with Crippen LogP contribution in [0.5, 0.6) is 0 Å². The molecule has 8 heteroatoms. The molecule has 0 unspecified atom stereocenters. The molecule has 0 spiro atoms. The second-order valence-corrected chi connectivity index (χ2v) is 7.61. The highest BCUT2D eigenvalue weighted by Gasteiger charge is 2.13. The standard InChI is InChI=1S/C13H22N4O3S/c1-21(19,20)9-5-14-4-8-17-13(18)10-12(11-15-17)16-6-2-3-7-16/h10-11,14H,2-9H2,1H3. The summed E-state index contributed by atoms with van der Waals surface area (Å²) >= 11 is 0. The third-order valence-corrected chi connectivity index (χ3v) is 4.42. The van der Waals surface area contributed by atoms with Crippen LogP contribution in [0, 0.1) is 0 Å². The molecule has 1 fully saturated rings. The normalized spacial score (nSPS) is 15.6. The van der Waals surface area contributed by atoms with E-state index in [1.54, 1.807) is 12.3 Å². The van der Waals surface area contributed by atoms with Gasteiger partial charge in [-0.25, -0.2) is 13.1 Å². The summed E-state index contributed by atoms with van der Waals surface area (Å²) in [5, 5.41) is 7.17. The Balaban J connectivity index is 1.82. The minimum atomic E-state index is -2.94. The predicted octanol–water partition coefficient (Wildman–Crippen LogP) is -0.522. The topological polar surface area (TPSA) is 84.3 Å². The fraction of sp³-hybridized carbons (Fsp3) is 0.692. The number of rotatable bonds is 7. The lowest BCUT2D eigenvalue weighted by Crippen LogP contribution is -2.31. The highest BCUT2D eigenvalue weighted by atomic mass is 32.2. The van der Waals surface area contributed by atoms with Crippen molar-refractivity contribution in [3.05, 3.63) is 22.6 Å². The molecule has 1 N–H and O–H groups in total. The van der Waals surface area contributed by atoms with Gasteiger partial charge < -0.3 is 10.2 Å². The zero-order valence-electron chi connectivity index (χ0n) is 12.3. The Labute approximate surface area is 124 Å². The number of anilines is 1. The Hall–Kier alpha value is -1.41. The van der Waals surface area contributed by atoms with Gasteiger partial charge in [-0.1, -0.05) is 0 Å². The van der Waals surface area contributed by atoms with E-state index in [0.717, 1.165) is 31.6 Å². The second kappa shape index (κ2) is 7.04. The van der Waals surface area contributed by atoms with Gasteiger partial charge in [0.05, 0.1) is 24.2 Å². The van der Waals surface area contributed by atoms with E-state index >= 15 is 0 Å². The van der Waals surface area contributed by atoms with Gasteiger partial charge in [-0.2, -0.15) is 5.10 Å². The third kappa shape index (κ3) is 5.13. The lowest BCUT2D eigenvalue weighted by atomic mass is 10.4. The van der Waals surface area contributed by atoms with Crippen molar-refractivity contribution in [3.63, 3.8) is 0 Å². The van der Waals surface area contributed by atoms with Gasteiger partial charge in [0.2, 0.25) is 0 Å². The maximum absolute atomic E-state index is 12.0. The Morgan fingerprint density at radius 1 is 1.29 bits per heavy atom. The lowest BCUT2D eigenvalue weighted by molar-refractivity contribution is 0.537. The first kappa shape index (κ1) is 16.0. The average Bonchev–Trinajstić information content (AvgIpc) is 2.92. The first-order chi connectivity index (χ1) is 9.96. The van der Waals surface area contributed by atoms with Crippen LogP contribution in [0.1, 0.15) is 12.8 Å². The van der Waals surface area contributed by atoms with Gasteiger partial charge in [-0.15, -0.1) is 0 Å². The van der Waals surface area contributed by atoms with Gasteiger partial charge in [0.25, 0.3) is 5.56 Å². The molecule has 1 saturated heterocycles. The largest absolute Gasteiger partial charge is 0.370 e. The average molecular weight is 314 g/mol.